The van der Waals surface area contributed by atoms with Crippen molar-refractivity contribution < 1.29 is 4.74 Å². The second-order valence-electron chi connectivity index (χ2n) is 2.02. The van der Waals surface area contributed by atoms with Gasteiger partial charge in [-0.25, -0.2) is 0 Å². The van der Waals surface area contributed by atoms with Gasteiger partial charge < -0.3 is 4.74 Å². The first-order chi connectivity index (χ1) is 4.70. The van der Waals surface area contributed by atoms with Crippen LogP contribution in [0.5, 0.6) is 0 Å². The van der Waals surface area contributed by atoms with Crippen LogP contribution in [0, 0.1) is 0 Å². The van der Waals surface area contributed by atoms with Crippen LogP contribution in [0.4, 0.5) is 0 Å². The second-order valence-corrected chi connectivity index (χ2v) is 2.02. The van der Waals surface area contributed by atoms with E-state index in [1.165, 1.54) is 0 Å². The number of hydrogen-bond donors (Lipinski definition) is 0. The number of allylic oxidation sites excluding steroid dienone is 1. The van der Waals surface area contributed by atoms with Crippen molar-refractivity contribution >= 4 is 5.71 Å². The van der Waals surface area contributed by atoms with E-state index < -0.39 is 0 Å². The molecular weight excluding hydrogens is 126 g/mol. The summed E-state index contributed by atoms with van der Waals surface area (Å²) in [4.78, 5) is 4.02. The summed E-state index contributed by atoms with van der Waals surface area (Å²) < 4.78 is 4.89. The lowest BCUT2D eigenvalue weighted by Crippen LogP contribution is -1.81. The molecule has 0 aromatic heterocycles. The molecule has 0 aliphatic carbocycles. The Morgan fingerprint density at radius 3 is 2.40 bits per heavy atom. The number of ether oxygens (including phenoxy) is 1. The third-order valence-electron chi connectivity index (χ3n) is 0.887. The summed E-state index contributed by atoms with van der Waals surface area (Å²) in [6, 6.07) is 0. The predicted octanol–water partition coefficient (Wildman–Crippen LogP) is 2.14. The third kappa shape index (κ3) is 3.89. The van der Waals surface area contributed by atoms with Crippen molar-refractivity contribution in [3.05, 3.63) is 24.6 Å². The minimum atomic E-state index is 0.682. The van der Waals surface area contributed by atoms with Crippen LogP contribution in [0.3, 0.4) is 0 Å². The number of hydrogen-bond acceptors (Lipinski definition) is 2. The quantitative estimate of drug-likeness (QED) is 0.333. The molecule has 2 heteroatoms. The van der Waals surface area contributed by atoms with Crippen molar-refractivity contribution in [2.24, 2.45) is 4.99 Å². The molecule has 0 aromatic rings. The zero-order valence-electron chi connectivity index (χ0n) is 6.72. The first kappa shape index (κ1) is 8.95. The van der Waals surface area contributed by atoms with E-state index in [-0.39, 0.29) is 0 Å². The molecule has 0 rings (SSSR count). The Kier molecular flexibility index (Phi) is 4.29. The summed E-state index contributed by atoms with van der Waals surface area (Å²) in [6.45, 7) is 7.39. The molecule has 0 aromatic carbocycles. The Labute approximate surface area is 61.9 Å². The normalized spacial score (nSPS) is 10.5. The van der Waals surface area contributed by atoms with Crippen LogP contribution < -0.4 is 0 Å². The summed E-state index contributed by atoms with van der Waals surface area (Å²) in [5, 5.41) is 0. The first-order valence-electron chi connectivity index (χ1n) is 3.08. The van der Waals surface area contributed by atoms with E-state index in [9.17, 15) is 0 Å². The molecule has 0 aliphatic heterocycles. The first-order valence-corrected chi connectivity index (χ1v) is 3.08. The highest BCUT2D eigenvalue weighted by atomic mass is 16.5. The fraction of sp³-hybridized carbons (Fsp3) is 0.375. The Balaban J connectivity index is 4.12. The van der Waals surface area contributed by atoms with Gasteiger partial charge in [-0.2, -0.15) is 0 Å². The van der Waals surface area contributed by atoms with Crippen molar-refractivity contribution in [3.63, 3.8) is 0 Å². The number of nitrogens with zero attached hydrogens (tertiary/aromatic N) is 1. The van der Waals surface area contributed by atoms with Gasteiger partial charge in [-0.05, 0) is 19.9 Å². The van der Waals surface area contributed by atoms with E-state index >= 15 is 0 Å². The molecule has 0 heterocycles. The number of methoxy groups -OCH3 is 1. The van der Waals surface area contributed by atoms with Crippen molar-refractivity contribution in [2.75, 3.05) is 7.11 Å². The Morgan fingerprint density at radius 1 is 1.50 bits per heavy atom. The van der Waals surface area contributed by atoms with Gasteiger partial charge in [0.2, 0.25) is 0 Å². The van der Waals surface area contributed by atoms with E-state index in [4.69, 9.17) is 4.74 Å². The predicted molar refractivity (Wildman–Crippen MR) is 44.1 cm³/mol. The van der Waals surface area contributed by atoms with Gasteiger partial charge in [-0.15, -0.1) is 0 Å². The molecule has 0 amide bonds. The molecule has 10 heavy (non-hydrogen) atoms. The standard InChI is InChI=1S/C8H13NO/c1-5-8(10-4)6-9-7(2)3/h5-6H,1H2,2-4H3/b8-6+. The largest absolute Gasteiger partial charge is 0.495 e. The summed E-state index contributed by atoms with van der Waals surface area (Å²) in [5.41, 5.74) is 0.997. The topological polar surface area (TPSA) is 21.6 Å². The van der Waals surface area contributed by atoms with E-state index in [0.717, 1.165) is 5.71 Å². The molecule has 56 valence electrons. The maximum atomic E-state index is 4.89. The molecule has 2 nitrogen and oxygen atoms in total. The number of rotatable bonds is 3. The molecule has 0 bridgehead atoms. The molecule has 0 N–H and O–H groups in total. The molecule has 0 saturated carbocycles. The van der Waals surface area contributed by atoms with Crippen molar-refractivity contribution in [3.8, 4) is 0 Å². The van der Waals surface area contributed by atoms with Gasteiger partial charge in [0, 0.05) is 5.71 Å². The van der Waals surface area contributed by atoms with E-state index in [1.54, 1.807) is 19.4 Å². The van der Waals surface area contributed by atoms with Crippen LogP contribution in [0.1, 0.15) is 13.8 Å². The van der Waals surface area contributed by atoms with Gasteiger partial charge in [-0.1, -0.05) is 6.58 Å². The Morgan fingerprint density at radius 2 is 2.10 bits per heavy atom. The smallest absolute Gasteiger partial charge is 0.136 e. The van der Waals surface area contributed by atoms with Crippen LogP contribution in [-0.4, -0.2) is 12.8 Å². The van der Waals surface area contributed by atoms with E-state index in [2.05, 4.69) is 11.6 Å². The summed E-state index contributed by atoms with van der Waals surface area (Å²) >= 11 is 0. The molecule has 0 unspecified atom stereocenters. The lowest BCUT2D eigenvalue weighted by molar-refractivity contribution is 0.306. The Hall–Kier alpha value is -1.05. The maximum Gasteiger partial charge on any atom is 0.136 e. The fourth-order valence-electron chi connectivity index (χ4n) is 0.381. The van der Waals surface area contributed by atoms with Crippen LogP contribution in [-0.2, 0) is 4.74 Å². The average Bonchev–Trinajstić information content (AvgIpc) is 1.90. The highest BCUT2D eigenvalue weighted by Gasteiger charge is 1.83. The van der Waals surface area contributed by atoms with Crippen molar-refractivity contribution in [1.29, 1.82) is 0 Å². The van der Waals surface area contributed by atoms with Gasteiger partial charge in [0.15, 0.2) is 0 Å². The zero-order valence-corrected chi connectivity index (χ0v) is 6.72. The summed E-state index contributed by atoms with van der Waals surface area (Å²) in [7, 11) is 1.59. The molecule has 0 radical (unpaired) electrons. The van der Waals surface area contributed by atoms with Gasteiger partial charge in [0.25, 0.3) is 0 Å². The molecular formula is C8H13NO. The maximum absolute atomic E-state index is 4.89. The molecule has 0 spiro atoms. The summed E-state index contributed by atoms with van der Waals surface area (Å²) in [5.74, 6) is 0.682. The minimum Gasteiger partial charge on any atom is -0.495 e. The molecule has 0 aliphatic rings. The average molecular weight is 139 g/mol. The van der Waals surface area contributed by atoms with Gasteiger partial charge >= 0.3 is 0 Å². The van der Waals surface area contributed by atoms with Gasteiger partial charge in [-0.3, -0.25) is 4.99 Å². The van der Waals surface area contributed by atoms with Crippen LogP contribution in [0.15, 0.2) is 29.6 Å². The zero-order chi connectivity index (χ0) is 7.98. The monoisotopic (exact) mass is 139 g/mol. The van der Waals surface area contributed by atoms with Gasteiger partial charge in [0.05, 0.1) is 13.3 Å². The van der Waals surface area contributed by atoms with E-state index in [0.29, 0.717) is 5.76 Å². The second kappa shape index (κ2) is 4.79. The van der Waals surface area contributed by atoms with Crippen LogP contribution >= 0.6 is 0 Å². The fourth-order valence-corrected chi connectivity index (χ4v) is 0.381. The van der Waals surface area contributed by atoms with E-state index in [1.807, 2.05) is 13.8 Å². The lowest BCUT2D eigenvalue weighted by atomic mass is 10.5. The Bertz CT molecular complexity index is 164. The number of aliphatic imine (C=N–C) groups is 1. The minimum absolute atomic E-state index is 0.682. The van der Waals surface area contributed by atoms with Crippen LogP contribution in [0.2, 0.25) is 0 Å². The highest BCUT2D eigenvalue weighted by molar-refractivity contribution is 5.79. The summed E-state index contributed by atoms with van der Waals surface area (Å²) in [6.07, 6.45) is 3.26. The van der Waals surface area contributed by atoms with Crippen LogP contribution in [0.25, 0.3) is 0 Å². The SMILES string of the molecule is C=C/C(=C\N=C(C)C)OC. The lowest BCUT2D eigenvalue weighted by Gasteiger charge is -1.95. The van der Waals surface area contributed by atoms with Gasteiger partial charge in [0.1, 0.15) is 5.76 Å². The molecule has 0 fully saturated rings. The molecule has 0 saturated heterocycles. The van der Waals surface area contributed by atoms with Crippen molar-refractivity contribution in [1.82, 2.24) is 0 Å². The third-order valence-corrected chi connectivity index (χ3v) is 0.887. The highest BCUT2D eigenvalue weighted by Crippen LogP contribution is 1.95. The van der Waals surface area contributed by atoms with Crippen molar-refractivity contribution in [2.45, 2.75) is 13.8 Å². The molecule has 0 atom stereocenters.